The van der Waals surface area contributed by atoms with Crippen molar-refractivity contribution in [3.05, 3.63) is 0 Å². The molecule has 0 aromatic heterocycles. The molecule has 0 aromatic rings. The fourth-order valence-corrected chi connectivity index (χ4v) is 1.61. The first-order chi connectivity index (χ1) is 7.63. The normalized spacial score (nSPS) is 21.2. The average Bonchev–Trinajstić information content (AvgIpc) is 2.22. The summed E-state index contributed by atoms with van der Waals surface area (Å²) in [4.78, 5) is 23.6. The van der Waals surface area contributed by atoms with Gasteiger partial charge in [-0.25, -0.2) is 0 Å². The van der Waals surface area contributed by atoms with Crippen LogP contribution in [0.25, 0.3) is 0 Å². The van der Waals surface area contributed by atoms with Gasteiger partial charge in [0.05, 0.1) is 12.5 Å². The lowest BCUT2D eigenvalue weighted by Crippen LogP contribution is -2.47. The quantitative estimate of drug-likeness (QED) is 0.636. The predicted molar refractivity (Wildman–Crippen MR) is 55.1 cm³/mol. The minimum absolute atomic E-state index is 0.0229. The van der Waals surface area contributed by atoms with Gasteiger partial charge in [-0.05, 0) is 6.42 Å². The smallest absolute Gasteiger partial charge is 0.306 e. The molecule has 0 spiro atoms. The summed E-state index contributed by atoms with van der Waals surface area (Å²) in [6.07, 6.45) is 0.300. The molecule has 1 aliphatic heterocycles. The van der Waals surface area contributed by atoms with Gasteiger partial charge in [-0.1, -0.05) is 0 Å². The lowest BCUT2D eigenvalue weighted by atomic mass is 10.2. The second-order valence-electron chi connectivity index (χ2n) is 3.72. The molecule has 0 aromatic carbocycles. The Hall–Kier alpha value is -1.14. The first kappa shape index (κ1) is 12.9. The fourth-order valence-electron chi connectivity index (χ4n) is 1.61. The van der Waals surface area contributed by atoms with E-state index in [-0.39, 0.29) is 18.9 Å². The molecule has 1 atom stereocenters. The summed E-state index contributed by atoms with van der Waals surface area (Å²) < 4.78 is 10.0. The molecule has 1 amide bonds. The number of nitrogens with zero attached hydrogens (tertiary/aromatic N) is 1. The van der Waals surface area contributed by atoms with Crippen LogP contribution in [0.2, 0.25) is 0 Å². The van der Waals surface area contributed by atoms with Crippen molar-refractivity contribution in [1.29, 1.82) is 0 Å². The van der Waals surface area contributed by atoms with Crippen LogP contribution in [0.3, 0.4) is 0 Å². The monoisotopic (exact) mass is 231 g/mol. The van der Waals surface area contributed by atoms with Crippen molar-refractivity contribution in [3.63, 3.8) is 0 Å². The number of morpholine rings is 1. The molecule has 0 saturated carbocycles. The third kappa shape index (κ3) is 4.16. The van der Waals surface area contributed by atoms with E-state index in [1.165, 1.54) is 0 Å². The minimum atomic E-state index is -0.906. The summed E-state index contributed by atoms with van der Waals surface area (Å²) in [5, 5.41) is 8.63. The molecule has 6 nitrogen and oxygen atoms in total. The zero-order valence-electron chi connectivity index (χ0n) is 9.35. The van der Waals surface area contributed by atoms with Crippen LogP contribution in [0, 0.1) is 0 Å². The topological polar surface area (TPSA) is 76.1 Å². The Morgan fingerprint density at radius 3 is 3.06 bits per heavy atom. The van der Waals surface area contributed by atoms with E-state index in [4.69, 9.17) is 14.6 Å². The molecule has 16 heavy (non-hydrogen) atoms. The molecular formula is C10H17NO5. The number of ether oxygens (including phenoxy) is 2. The molecule has 0 bridgehead atoms. The molecule has 0 radical (unpaired) electrons. The third-order valence-corrected chi connectivity index (χ3v) is 2.40. The Kier molecular flexibility index (Phi) is 5.21. The number of amides is 1. The van der Waals surface area contributed by atoms with Crippen molar-refractivity contribution in [2.75, 3.05) is 33.4 Å². The highest BCUT2D eigenvalue weighted by atomic mass is 16.5. The number of carbonyl (C=O) groups excluding carboxylic acids is 1. The van der Waals surface area contributed by atoms with E-state index >= 15 is 0 Å². The minimum Gasteiger partial charge on any atom is -0.481 e. The van der Waals surface area contributed by atoms with Gasteiger partial charge in [0, 0.05) is 26.8 Å². The molecule has 1 fully saturated rings. The largest absolute Gasteiger partial charge is 0.481 e. The van der Waals surface area contributed by atoms with Gasteiger partial charge in [-0.2, -0.15) is 0 Å². The molecule has 0 aliphatic carbocycles. The fraction of sp³-hybridized carbons (Fsp3) is 0.800. The van der Waals surface area contributed by atoms with Gasteiger partial charge in [0.15, 0.2) is 0 Å². The molecular weight excluding hydrogens is 214 g/mol. The van der Waals surface area contributed by atoms with Crippen LogP contribution < -0.4 is 0 Å². The summed E-state index contributed by atoms with van der Waals surface area (Å²) in [5.74, 6) is -0.992. The molecule has 1 heterocycles. The maximum atomic E-state index is 11.4. The van der Waals surface area contributed by atoms with Crippen LogP contribution in [0.1, 0.15) is 12.8 Å². The average molecular weight is 231 g/mol. The number of hydrogen-bond donors (Lipinski definition) is 1. The molecule has 1 rings (SSSR count). The van der Waals surface area contributed by atoms with Gasteiger partial charge in [0.1, 0.15) is 6.61 Å². The first-order valence-corrected chi connectivity index (χ1v) is 5.23. The molecule has 1 saturated heterocycles. The van der Waals surface area contributed by atoms with E-state index in [9.17, 15) is 9.59 Å². The van der Waals surface area contributed by atoms with E-state index in [1.807, 2.05) is 0 Å². The highest BCUT2D eigenvalue weighted by molar-refractivity contribution is 5.78. The van der Waals surface area contributed by atoms with Crippen LogP contribution in [-0.2, 0) is 19.1 Å². The summed E-state index contributed by atoms with van der Waals surface area (Å²) >= 11 is 0. The molecule has 1 unspecified atom stereocenters. The van der Waals surface area contributed by atoms with Crippen LogP contribution in [0.4, 0.5) is 0 Å². The number of rotatable bonds is 6. The van der Waals surface area contributed by atoms with Gasteiger partial charge >= 0.3 is 5.97 Å². The molecule has 92 valence electrons. The van der Waals surface area contributed by atoms with Crippen molar-refractivity contribution in [2.24, 2.45) is 0 Å². The van der Waals surface area contributed by atoms with Crippen LogP contribution >= 0.6 is 0 Å². The highest BCUT2D eigenvalue weighted by Gasteiger charge is 2.27. The van der Waals surface area contributed by atoms with Crippen LogP contribution in [0.15, 0.2) is 0 Å². The van der Waals surface area contributed by atoms with Crippen LogP contribution in [-0.4, -0.2) is 61.4 Å². The van der Waals surface area contributed by atoms with E-state index in [0.29, 0.717) is 19.7 Å². The summed E-state index contributed by atoms with van der Waals surface area (Å²) in [6.45, 7) is 1.51. The van der Waals surface area contributed by atoms with Crippen molar-refractivity contribution < 1.29 is 24.2 Å². The van der Waals surface area contributed by atoms with Crippen molar-refractivity contribution in [3.8, 4) is 0 Å². The first-order valence-electron chi connectivity index (χ1n) is 5.23. The second-order valence-corrected chi connectivity index (χ2v) is 3.72. The maximum absolute atomic E-state index is 11.4. The number of hydrogen-bond acceptors (Lipinski definition) is 4. The Bertz CT molecular complexity index is 256. The van der Waals surface area contributed by atoms with Gasteiger partial charge in [0.2, 0.25) is 5.91 Å². The number of methoxy groups -OCH3 is 1. The summed E-state index contributed by atoms with van der Waals surface area (Å²) in [6, 6.07) is 0. The van der Waals surface area contributed by atoms with Crippen molar-refractivity contribution in [2.45, 2.75) is 18.9 Å². The van der Waals surface area contributed by atoms with E-state index in [1.54, 1.807) is 12.0 Å². The second kappa shape index (κ2) is 6.44. The highest BCUT2D eigenvalue weighted by Crippen LogP contribution is 2.10. The predicted octanol–water partition coefficient (Wildman–Crippen LogP) is -0.275. The standard InChI is InChI=1S/C10H17NO5/c1-15-4-2-3-11-6-8(5-10(13)14)16-7-9(11)12/h8H,2-7H2,1H3,(H,13,14). The van der Waals surface area contributed by atoms with E-state index in [2.05, 4.69) is 0 Å². The van der Waals surface area contributed by atoms with Gasteiger partial charge in [0.25, 0.3) is 0 Å². The molecule has 1 N–H and O–H groups in total. The van der Waals surface area contributed by atoms with Crippen LogP contribution in [0.5, 0.6) is 0 Å². The van der Waals surface area contributed by atoms with Gasteiger partial charge < -0.3 is 19.5 Å². The van der Waals surface area contributed by atoms with Gasteiger partial charge in [-0.3, -0.25) is 9.59 Å². The number of carbonyl (C=O) groups is 2. The maximum Gasteiger partial charge on any atom is 0.306 e. The molecule has 1 aliphatic rings. The van der Waals surface area contributed by atoms with Crippen molar-refractivity contribution in [1.82, 2.24) is 4.90 Å². The zero-order valence-corrected chi connectivity index (χ0v) is 9.35. The zero-order chi connectivity index (χ0) is 12.0. The summed E-state index contributed by atoms with van der Waals surface area (Å²) in [7, 11) is 1.61. The Balaban J connectivity index is 2.36. The number of aliphatic carboxylic acids is 1. The lowest BCUT2D eigenvalue weighted by molar-refractivity contribution is -0.155. The Morgan fingerprint density at radius 2 is 2.44 bits per heavy atom. The summed E-state index contributed by atoms with van der Waals surface area (Å²) in [5.41, 5.74) is 0. The SMILES string of the molecule is COCCCN1CC(CC(=O)O)OCC1=O. The lowest BCUT2D eigenvalue weighted by Gasteiger charge is -2.32. The molecule has 6 heteroatoms. The van der Waals surface area contributed by atoms with E-state index < -0.39 is 12.1 Å². The number of carboxylic acids is 1. The third-order valence-electron chi connectivity index (χ3n) is 2.40. The van der Waals surface area contributed by atoms with Gasteiger partial charge in [-0.15, -0.1) is 0 Å². The Labute approximate surface area is 94.1 Å². The van der Waals surface area contributed by atoms with E-state index in [0.717, 1.165) is 6.42 Å². The van der Waals surface area contributed by atoms with Crippen molar-refractivity contribution >= 4 is 11.9 Å². The number of carboxylic acid groups (broad SMARTS) is 1. The Morgan fingerprint density at radius 1 is 1.69 bits per heavy atom.